The number of hydrogen-bond donors (Lipinski definition) is 3. The molecular weight excluding hydrogens is 428 g/mol. The minimum absolute atomic E-state index is 0. The van der Waals surface area contributed by atoms with Crippen LogP contribution in [0.15, 0.2) is 48.5 Å². The number of halogens is 1. The third kappa shape index (κ3) is 6.47. The predicted octanol–water partition coefficient (Wildman–Crippen LogP) is 4.42. The SMILES string of the molecule is CC(C)Nc1nc(Nc2ccc([N+](=O)[O-])cc2)nc(Nc2ccc([N+](=O)[O-])cc2)n1.Cl. The van der Waals surface area contributed by atoms with Gasteiger partial charge in [-0.25, -0.2) is 0 Å². The average molecular weight is 447 g/mol. The molecule has 0 spiro atoms. The number of anilines is 5. The van der Waals surface area contributed by atoms with Gasteiger partial charge in [0.1, 0.15) is 0 Å². The maximum absolute atomic E-state index is 10.8. The Morgan fingerprint density at radius 2 is 1.06 bits per heavy atom. The largest absolute Gasteiger partial charge is 0.352 e. The Morgan fingerprint density at radius 1 is 0.710 bits per heavy atom. The van der Waals surface area contributed by atoms with E-state index >= 15 is 0 Å². The van der Waals surface area contributed by atoms with E-state index in [0.29, 0.717) is 17.3 Å². The first-order chi connectivity index (χ1) is 14.3. The highest BCUT2D eigenvalue weighted by atomic mass is 35.5. The van der Waals surface area contributed by atoms with Crippen LogP contribution in [0.2, 0.25) is 0 Å². The smallest absolute Gasteiger partial charge is 0.269 e. The van der Waals surface area contributed by atoms with Gasteiger partial charge in [0.05, 0.1) is 9.85 Å². The molecule has 0 atom stereocenters. The zero-order valence-electron chi connectivity index (χ0n) is 16.5. The van der Waals surface area contributed by atoms with E-state index in [-0.39, 0.29) is 41.7 Å². The second-order valence-corrected chi connectivity index (χ2v) is 6.46. The van der Waals surface area contributed by atoms with Crippen LogP contribution in [-0.2, 0) is 0 Å². The Morgan fingerprint density at radius 3 is 1.39 bits per heavy atom. The fourth-order valence-corrected chi connectivity index (χ4v) is 2.40. The molecule has 31 heavy (non-hydrogen) atoms. The van der Waals surface area contributed by atoms with Gasteiger partial charge in [0.15, 0.2) is 0 Å². The third-order valence-electron chi connectivity index (χ3n) is 3.72. The summed E-state index contributed by atoms with van der Waals surface area (Å²) in [6.45, 7) is 3.85. The van der Waals surface area contributed by atoms with E-state index in [1.807, 2.05) is 13.8 Å². The summed E-state index contributed by atoms with van der Waals surface area (Å²) in [4.78, 5) is 33.5. The summed E-state index contributed by atoms with van der Waals surface area (Å²) in [6, 6.07) is 11.7. The van der Waals surface area contributed by atoms with Crippen LogP contribution < -0.4 is 16.0 Å². The van der Waals surface area contributed by atoms with Crippen molar-refractivity contribution in [1.82, 2.24) is 15.0 Å². The molecule has 3 aromatic rings. The van der Waals surface area contributed by atoms with E-state index < -0.39 is 9.85 Å². The monoisotopic (exact) mass is 446 g/mol. The number of benzene rings is 2. The summed E-state index contributed by atoms with van der Waals surface area (Å²) in [5.41, 5.74) is 1.06. The van der Waals surface area contributed by atoms with Crippen LogP contribution in [-0.4, -0.2) is 30.8 Å². The van der Waals surface area contributed by atoms with E-state index in [0.717, 1.165) is 0 Å². The lowest BCUT2D eigenvalue weighted by atomic mass is 10.3. The van der Waals surface area contributed by atoms with E-state index in [9.17, 15) is 20.2 Å². The van der Waals surface area contributed by atoms with Gasteiger partial charge in [-0.1, -0.05) is 0 Å². The molecule has 0 unspecified atom stereocenters. The van der Waals surface area contributed by atoms with Gasteiger partial charge < -0.3 is 16.0 Å². The first kappa shape index (κ1) is 23.2. The van der Waals surface area contributed by atoms with Gasteiger partial charge in [0.2, 0.25) is 17.8 Å². The minimum Gasteiger partial charge on any atom is -0.352 e. The molecule has 0 aliphatic carbocycles. The first-order valence-corrected chi connectivity index (χ1v) is 8.86. The Hall–Kier alpha value is -4.06. The van der Waals surface area contributed by atoms with Crippen molar-refractivity contribution < 1.29 is 9.85 Å². The number of nitrogens with one attached hydrogen (secondary N) is 3. The van der Waals surface area contributed by atoms with Crippen molar-refractivity contribution in [2.24, 2.45) is 0 Å². The molecule has 0 radical (unpaired) electrons. The minimum atomic E-state index is -0.483. The summed E-state index contributed by atoms with van der Waals surface area (Å²) in [7, 11) is 0. The molecule has 1 aromatic heterocycles. The topological polar surface area (TPSA) is 161 Å². The summed E-state index contributed by atoms with van der Waals surface area (Å²) < 4.78 is 0. The second-order valence-electron chi connectivity index (χ2n) is 6.46. The summed E-state index contributed by atoms with van der Waals surface area (Å²) in [5, 5.41) is 30.6. The van der Waals surface area contributed by atoms with Gasteiger partial charge in [0, 0.05) is 41.7 Å². The van der Waals surface area contributed by atoms with Crippen LogP contribution in [0.4, 0.5) is 40.6 Å². The van der Waals surface area contributed by atoms with Crippen molar-refractivity contribution in [2.75, 3.05) is 16.0 Å². The van der Waals surface area contributed by atoms with Crippen LogP contribution in [0.3, 0.4) is 0 Å². The average Bonchev–Trinajstić information content (AvgIpc) is 2.68. The number of rotatable bonds is 8. The molecule has 0 saturated heterocycles. The predicted molar refractivity (Wildman–Crippen MR) is 119 cm³/mol. The number of hydrogen-bond acceptors (Lipinski definition) is 10. The highest BCUT2D eigenvalue weighted by Gasteiger charge is 2.11. The molecule has 162 valence electrons. The lowest BCUT2D eigenvalue weighted by Gasteiger charge is -2.13. The van der Waals surface area contributed by atoms with E-state index in [1.54, 1.807) is 24.3 Å². The third-order valence-corrected chi connectivity index (χ3v) is 3.72. The van der Waals surface area contributed by atoms with Crippen molar-refractivity contribution in [2.45, 2.75) is 19.9 Å². The standard InChI is InChI=1S/C18H18N8O4.ClH/c1-11(2)19-16-22-17(20-12-3-7-14(8-4-12)25(27)28)24-18(23-16)21-13-5-9-15(10-6-13)26(29)30;/h3-11H,1-2H3,(H3,19,20,21,22,23,24);1H. The molecule has 0 aliphatic heterocycles. The van der Waals surface area contributed by atoms with Crippen molar-refractivity contribution in [3.05, 3.63) is 68.8 Å². The molecule has 12 nitrogen and oxygen atoms in total. The quantitative estimate of drug-likeness (QED) is 0.333. The van der Waals surface area contributed by atoms with Crippen LogP contribution in [0.1, 0.15) is 13.8 Å². The van der Waals surface area contributed by atoms with Crippen LogP contribution >= 0.6 is 12.4 Å². The number of nitro benzene ring substituents is 2. The molecule has 0 fully saturated rings. The zero-order chi connectivity index (χ0) is 21.7. The lowest BCUT2D eigenvalue weighted by molar-refractivity contribution is -0.385. The molecular formula is C18H19ClN8O4. The van der Waals surface area contributed by atoms with Crippen molar-refractivity contribution in [3.63, 3.8) is 0 Å². The molecule has 0 aliphatic rings. The highest BCUT2D eigenvalue weighted by molar-refractivity contribution is 5.85. The van der Waals surface area contributed by atoms with Crippen molar-refractivity contribution in [1.29, 1.82) is 0 Å². The first-order valence-electron chi connectivity index (χ1n) is 8.86. The van der Waals surface area contributed by atoms with Gasteiger partial charge >= 0.3 is 0 Å². The molecule has 2 aromatic carbocycles. The Balaban J connectivity index is 0.00000341. The molecule has 1 heterocycles. The summed E-state index contributed by atoms with van der Waals surface area (Å²) >= 11 is 0. The van der Waals surface area contributed by atoms with Gasteiger partial charge in [-0.2, -0.15) is 15.0 Å². The Labute approximate surface area is 182 Å². The Kier molecular flexibility index (Phi) is 7.58. The van der Waals surface area contributed by atoms with Gasteiger partial charge in [-0.15, -0.1) is 12.4 Å². The molecule has 0 bridgehead atoms. The maximum Gasteiger partial charge on any atom is 0.269 e. The molecule has 13 heteroatoms. The van der Waals surface area contributed by atoms with Crippen molar-refractivity contribution >= 4 is 53.0 Å². The van der Waals surface area contributed by atoms with Crippen LogP contribution in [0.25, 0.3) is 0 Å². The lowest BCUT2D eigenvalue weighted by Crippen LogP contribution is -2.15. The van der Waals surface area contributed by atoms with Gasteiger partial charge in [-0.3, -0.25) is 20.2 Å². The van der Waals surface area contributed by atoms with Gasteiger partial charge in [-0.05, 0) is 38.1 Å². The van der Waals surface area contributed by atoms with Crippen LogP contribution in [0, 0.1) is 20.2 Å². The number of aromatic nitrogens is 3. The fourth-order valence-electron chi connectivity index (χ4n) is 2.40. The fraction of sp³-hybridized carbons (Fsp3) is 0.167. The zero-order valence-corrected chi connectivity index (χ0v) is 17.3. The second kappa shape index (κ2) is 10.1. The highest BCUT2D eigenvalue weighted by Crippen LogP contribution is 2.22. The van der Waals surface area contributed by atoms with E-state index in [4.69, 9.17) is 0 Å². The van der Waals surface area contributed by atoms with Gasteiger partial charge in [0.25, 0.3) is 11.4 Å². The molecule has 0 amide bonds. The molecule has 0 saturated carbocycles. The molecule has 3 rings (SSSR count). The normalized spacial score (nSPS) is 10.2. The van der Waals surface area contributed by atoms with Crippen molar-refractivity contribution in [3.8, 4) is 0 Å². The number of nitrogens with zero attached hydrogens (tertiary/aromatic N) is 5. The molecule has 3 N–H and O–H groups in total. The number of nitro groups is 2. The van der Waals surface area contributed by atoms with E-state index in [1.165, 1.54) is 24.3 Å². The Bertz CT molecular complexity index is 983. The summed E-state index contributed by atoms with van der Waals surface area (Å²) in [5.74, 6) is 0.742. The van der Waals surface area contributed by atoms with E-state index in [2.05, 4.69) is 30.9 Å². The number of non-ortho nitro benzene ring substituents is 2. The van der Waals surface area contributed by atoms with Crippen LogP contribution in [0.5, 0.6) is 0 Å². The maximum atomic E-state index is 10.8. The summed E-state index contributed by atoms with van der Waals surface area (Å²) in [6.07, 6.45) is 0.